The van der Waals surface area contributed by atoms with Gasteiger partial charge >= 0.3 is 0 Å². The van der Waals surface area contributed by atoms with Gasteiger partial charge in [-0.1, -0.05) is 37.1 Å². The van der Waals surface area contributed by atoms with E-state index in [0.29, 0.717) is 19.0 Å². The summed E-state index contributed by atoms with van der Waals surface area (Å²) in [4.78, 5) is 21.3. The number of likely N-dealkylation sites (tertiary alicyclic amines) is 2. The number of nitrogens with zero attached hydrogens (tertiary/aromatic N) is 3. The number of aliphatic imine (C=N–C) groups is 1. The van der Waals surface area contributed by atoms with Gasteiger partial charge in [0.05, 0.1) is 6.54 Å². The first-order valence-electron chi connectivity index (χ1n) is 11.9. The van der Waals surface area contributed by atoms with E-state index in [2.05, 4.69) is 46.7 Å². The molecular weight excluding hydrogens is 501 g/mol. The molecule has 172 valence electrons. The van der Waals surface area contributed by atoms with Gasteiger partial charge in [0.2, 0.25) is 5.91 Å². The highest BCUT2D eigenvalue weighted by molar-refractivity contribution is 14.0. The molecule has 4 rings (SSSR count). The first-order chi connectivity index (χ1) is 14.7. The molecule has 1 unspecified atom stereocenters. The second-order valence-electron chi connectivity index (χ2n) is 8.99. The second kappa shape index (κ2) is 12.0. The van der Waals surface area contributed by atoms with E-state index >= 15 is 0 Å². The fourth-order valence-corrected chi connectivity index (χ4v) is 5.03. The average Bonchev–Trinajstić information content (AvgIpc) is 3.50. The Morgan fingerprint density at radius 1 is 1.06 bits per heavy atom. The monoisotopic (exact) mass is 539 g/mol. The van der Waals surface area contributed by atoms with Gasteiger partial charge in [0.1, 0.15) is 0 Å². The molecule has 6 nitrogen and oxygen atoms in total. The lowest BCUT2D eigenvalue weighted by Crippen LogP contribution is -2.45. The Morgan fingerprint density at radius 3 is 2.48 bits per heavy atom. The van der Waals surface area contributed by atoms with Crippen LogP contribution in [0.4, 0.5) is 0 Å². The van der Waals surface area contributed by atoms with Crippen molar-refractivity contribution in [3.05, 3.63) is 35.4 Å². The number of hydrogen-bond donors (Lipinski definition) is 2. The third kappa shape index (κ3) is 6.81. The molecule has 0 bridgehead atoms. The van der Waals surface area contributed by atoms with Crippen LogP contribution in [0.5, 0.6) is 0 Å². The van der Waals surface area contributed by atoms with E-state index in [0.717, 1.165) is 44.6 Å². The third-order valence-electron chi connectivity index (χ3n) is 6.73. The van der Waals surface area contributed by atoms with Gasteiger partial charge in [0.15, 0.2) is 5.96 Å². The first kappa shape index (κ1) is 24.3. The van der Waals surface area contributed by atoms with Gasteiger partial charge in [0.25, 0.3) is 0 Å². The van der Waals surface area contributed by atoms with Crippen molar-refractivity contribution in [1.82, 2.24) is 20.4 Å². The van der Waals surface area contributed by atoms with Crippen molar-refractivity contribution in [1.29, 1.82) is 0 Å². The molecule has 1 aromatic carbocycles. The zero-order chi connectivity index (χ0) is 20.8. The summed E-state index contributed by atoms with van der Waals surface area (Å²) in [6.07, 6.45) is 8.45. The van der Waals surface area contributed by atoms with Crippen LogP contribution in [0.2, 0.25) is 0 Å². The quantitative estimate of drug-likeness (QED) is 0.317. The maximum Gasteiger partial charge on any atom is 0.222 e. The first-order valence-corrected chi connectivity index (χ1v) is 11.9. The van der Waals surface area contributed by atoms with Crippen molar-refractivity contribution in [3.63, 3.8) is 0 Å². The Bertz CT molecular complexity index is 732. The lowest BCUT2D eigenvalue weighted by Gasteiger charge is -2.24. The molecule has 2 heterocycles. The molecule has 0 aromatic heterocycles. The lowest BCUT2D eigenvalue weighted by molar-refractivity contribution is -0.128. The minimum Gasteiger partial charge on any atom is -0.357 e. The van der Waals surface area contributed by atoms with Crippen LogP contribution in [0.15, 0.2) is 29.3 Å². The summed E-state index contributed by atoms with van der Waals surface area (Å²) in [5.74, 6) is 1.20. The highest BCUT2D eigenvalue weighted by Crippen LogP contribution is 2.26. The van der Waals surface area contributed by atoms with E-state index in [4.69, 9.17) is 4.99 Å². The summed E-state index contributed by atoms with van der Waals surface area (Å²) in [5.41, 5.74) is 2.39. The second-order valence-corrected chi connectivity index (χ2v) is 8.99. The van der Waals surface area contributed by atoms with Crippen molar-refractivity contribution in [3.8, 4) is 0 Å². The molecule has 1 amide bonds. The summed E-state index contributed by atoms with van der Waals surface area (Å²) in [6, 6.07) is 9.84. The van der Waals surface area contributed by atoms with Gasteiger partial charge in [-0.3, -0.25) is 9.69 Å². The SMILES string of the molecule is CCNC(=NCc1ccc(CN2CCCC2=O)cc1)NC1CCN(C2CCCC2)C1.I. The summed E-state index contributed by atoms with van der Waals surface area (Å²) in [7, 11) is 0. The molecule has 31 heavy (non-hydrogen) atoms. The van der Waals surface area contributed by atoms with Crippen molar-refractivity contribution in [2.75, 3.05) is 26.2 Å². The Kier molecular flexibility index (Phi) is 9.44. The van der Waals surface area contributed by atoms with Gasteiger partial charge in [-0.15, -0.1) is 24.0 Å². The molecule has 2 N–H and O–H groups in total. The maximum absolute atomic E-state index is 11.8. The van der Waals surface area contributed by atoms with E-state index in [9.17, 15) is 4.79 Å². The van der Waals surface area contributed by atoms with E-state index in [1.54, 1.807) is 0 Å². The highest BCUT2D eigenvalue weighted by Gasteiger charge is 2.30. The average molecular weight is 540 g/mol. The Labute approximate surface area is 204 Å². The number of carbonyl (C=O) groups is 1. The smallest absolute Gasteiger partial charge is 0.222 e. The predicted molar refractivity (Wildman–Crippen MR) is 137 cm³/mol. The zero-order valence-electron chi connectivity index (χ0n) is 18.8. The van der Waals surface area contributed by atoms with Crippen molar-refractivity contribution >= 4 is 35.8 Å². The molecule has 1 atom stereocenters. The summed E-state index contributed by atoms with van der Waals surface area (Å²) in [6.45, 7) is 7.62. The fourth-order valence-electron chi connectivity index (χ4n) is 5.03. The van der Waals surface area contributed by atoms with Crippen LogP contribution < -0.4 is 10.6 Å². The normalized spacial score (nSPS) is 22.7. The van der Waals surface area contributed by atoms with Crippen molar-refractivity contribution < 1.29 is 4.79 Å². The molecule has 3 aliphatic rings. The molecule has 3 fully saturated rings. The molecule has 7 heteroatoms. The summed E-state index contributed by atoms with van der Waals surface area (Å²) < 4.78 is 0. The molecule has 2 saturated heterocycles. The number of rotatable bonds is 7. The van der Waals surface area contributed by atoms with Crippen molar-refractivity contribution in [2.24, 2.45) is 4.99 Å². The molecular formula is C24H38IN5O. The summed E-state index contributed by atoms with van der Waals surface area (Å²) in [5, 5.41) is 7.06. The molecule has 0 radical (unpaired) electrons. The minimum atomic E-state index is 0. The molecule has 1 aliphatic carbocycles. The van der Waals surface area contributed by atoms with E-state index in [1.807, 2.05) is 4.90 Å². The van der Waals surface area contributed by atoms with Gasteiger partial charge in [-0.2, -0.15) is 0 Å². The molecule has 0 spiro atoms. The standard InChI is InChI=1S/C24H37N5O.HI/c1-2-25-24(27-21-13-15-28(18-21)22-6-3-4-7-22)26-16-19-9-11-20(12-10-19)17-29-14-5-8-23(29)30;/h9-12,21-22H,2-8,13-18H2,1H3,(H2,25,26,27);1H. The Hall–Kier alpha value is -1.35. The number of nitrogens with one attached hydrogen (secondary N) is 2. The molecule has 1 aromatic rings. The lowest BCUT2D eigenvalue weighted by atomic mass is 10.1. The van der Waals surface area contributed by atoms with Gasteiger partial charge < -0.3 is 15.5 Å². The maximum atomic E-state index is 11.8. The van der Waals surface area contributed by atoms with E-state index in [1.165, 1.54) is 49.8 Å². The topological polar surface area (TPSA) is 60.0 Å². The van der Waals surface area contributed by atoms with Gasteiger partial charge in [-0.25, -0.2) is 4.99 Å². The van der Waals surface area contributed by atoms with E-state index in [-0.39, 0.29) is 29.9 Å². The Morgan fingerprint density at radius 2 is 1.81 bits per heavy atom. The van der Waals surface area contributed by atoms with Gasteiger partial charge in [-0.05, 0) is 43.7 Å². The number of amides is 1. The van der Waals surface area contributed by atoms with Crippen LogP contribution in [0.1, 0.15) is 63.0 Å². The number of guanidine groups is 1. The number of carbonyl (C=O) groups excluding carboxylic acids is 1. The van der Waals surface area contributed by atoms with Crippen LogP contribution in [-0.4, -0.2) is 59.9 Å². The summed E-state index contributed by atoms with van der Waals surface area (Å²) >= 11 is 0. The molecule has 2 aliphatic heterocycles. The van der Waals surface area contributed by atoms with Crippen LogP contribution in [0, 0.1) is 0 Å². The Balaban J connectivity index is 0.00000272. The highest BCUT2D eigenvalue weighted by atomic mass is 127. The third-order valence-corrected chi connectivity index (χ3v) is 6.73. The van der Waals surface area contributed by atoms with E-state index < -0.39 is 0 Å². The van der Waals surface area contributed by atoms with Crippen LogP contribution in [0.25, 0.3) is 0 Å². The van der Waals surface area contributed by atoms with Crippen molar-refractivity contribution in [2.45, 2.75) is 77.0 Å². The van der Waals surface area contributed by atoms with Crippen LogP contribution in [0.3, 0.4) is 0 Å². The number of benzene rings is 1. The minimum absolute atomic E-state index is 0. The zero-order valence-corrected chi connectivity index (χ0v) is 21.1. The number of hydrogen-bond acceptors (Lipinski definition) is 3. The molecule has 1 saturated carbocycles. The fraction of sp³-hybridized carbons (Fsp3) is 0.667. The number of halogens is 1. The van der Waals surface area contributed by atoms with Gasteiger partial charge in [0, 0.05) is 51.2 Å². The largest absolute Gasteiger partial charge is 0.357 e. The van der Waals surface area contributed by atoms with Crippen LogP contribution >= 0.6 is 24.0 Å². The van der Waals surface area contributed by atoms with Crippen LogP contribution in [-0.2, 0) is 17.9 Å². The predicted octanol–water partition coefficient (Wildman–Crippen LogP) is 3.50.